The lowest BCUT2D eigenvalue weighted by molar-refractivity contribution is 0.173. The minimum Gasteiger partial charge on any atom is -0.474 e. The number of ether oxygens (including phenoxy) is 1. The first-order valence-corrected chi connectivity index (χ1v) is 7.23. The molecular formula is C14H21ClN2O. The van der Waals surface area contributed by atoms with Crippen molar-refractivity contribution in [1.29, 1.82) is 0 Å². The van der Waals surface area contributed by atoms with E-state index in [-0.39, 0.29) is 12.0 Å². The van der Waals surface area contributed by atoms with E-state index in [1.54, 1.807) is 0 Å². The fraction of sp³-hybridized carbons (Fsp3) is 0.714. The average Bonchev–Trinajstić information content (AvgIpc) is 2.57. The molecule has 0 saturated heterocycles. The molecule has 1 fully saturated rings. The van der Waals surface area contributed by atoms with Gasteiger partial charge in [-0.25, -0.2) is 9.97 Å². The van der Waals surface area contributed by atoms with Gasteiger partial charge < -0.3 is 4.74 Å². The maximum Gasteiger partial charge on any atom is 0.221 e. The van der Waals surface area contributed by atoms with Gasteiger partial charge in [0, 0.05) is 0 Å². The van der Waals surface area contributed by atoms with Crippen LogP contribution in [-0.4, -0.2) is 16.1 Å². The molecular weight excluding hydrogens is 248 g/mol. The van der Waals surface area contributed by atoms with Gasteiger partial charge in [0.1, 0.15) is 17.6 Å². The van der Waals surface area contributed by atoms with Crippen molar-refractivity contribution in [3.05, 3.63) is 17.0 Å². The molecule has 18 heavy (non-hydrogen) atoms. The lowest BCUT2D eigenvalue weighted by atomic mass is 10.1. The number of aromatic nitrogens is 2. The van der Waals surface area contributed by atoms with E-state index in [9.17, 15) is 0 Å². The number of nitrogens with zero attached hydrogens (tertiary/aromatic N) is 2. The Balaban J connectivity index is 2.14. The van der Waals surface area contributed by atoms with Gasteiger partial charge in [-0.15, -0.1) is 0 Å². The summed E-state index contributed by atoms with van der Waals surface area (Å²) in [5, 5.41) is 0.517. The second-order valence-electron chi connectivity index (χ2n) is 5.27. The normalized spacial score (nSPS) is 17.8. The molecule has 0 unspecified atom stereocenters. The molecule has 4 heteroatoms. The van der Waals surface area contributed by atoms with Gasteiger partial charge in [0.25, 0.3) is 0 Å². The molecule has 0 atom stereocenters. The van der Waals surface area contributed by atoms with Gasteiger partial charge in [-0.2, -0.15) is 0 Å². The zero-order chi connectivity index (χ0) is 13.0. The highest BCUT2D eigenvalue weighted by Gasteiger charge is 2.19. The summed E-state index contributed by atoms with van der Waals surface area (Å²) in [7, 11) is 0. The first-order chi connectivity index (χ1) is 8.68. The third kappa shape index (κ3) is 3.35. The van der Waals surface area contributed by atoms with Crippen LogP contribution in [0.3, 0.4) is 0 Å². The third-order valence-electron chi connectivity index (χ3n) is 3.46. The smallest absolute Gasteiger partial charge is 0.221 e. The van der Waals surface area contributed by atoms with E-state index in [1.165, 1.54) is 32.0 Å². The SMILES string of the molecule is CC(C)c1c(Cl)ncnc1OC1CCCCCC1. The second-order valence-corrected chi connectivity index (χ2v) is 5.63. The predicted molar refractivity (Wildman–Crippen MR) is 73.2 cm³/mol. The summed E-state index contributed by atoms with van der Waals surface area (Å²) in [6.07, 6.45) is 9.17. The first kappa shape index (κ1) is 13.6. The Morgan fingerprint density at radius 3 is 2.44 bits per heavy atom. The molecule has 1 aromatic rings. The standard InChI is InChI=1S/C14H21ClN2O/c1-10(2)12-13(15)16-9-17-14(12)18-11-7-5-3-4-6-8-11/h9-11H,3-8H2,1-2H3. The van der Waals surface area contributed by atoms with E-state index in [4.69, 9.17) is 16.3 Å². The van der Waals surface area contributed by atoms with Crippen LogP contribution in [0, 0.1) is 0 Å². The lowest BCUT2D eigenvalue weighted by Gasteiger charge is -2.19. The summed E-state index contributed by atoms with van der Waals surface area (Å²) in [5.41, 5.74) is 0.934. The Hall–Kier alpha value is -0.830. The lowest BCUT2D eigenvalue weighted by Crippen LogP contribution is -2.17. The van der Waals surface area contributed by atoms with Gasteiger partial charge >= 0.3 is 0 Å². The molecule has 0 spiro atoms. The second kappa shape index (κ2) is 6.37. The third-order valence-corrected chi connectivity index (χ3v) is 3.76. The van der Waals surface area contributed by atoms with E-state index < -0.39 is 0 Å². The Bertz CT molecular complexity index is 387. The maximum atomic E-state index is 6.14. The Morgan fingerprint density at radius 2 is 1.83 bits per heavy atom. The molecule has 100 valence electrons. The average molecular weight is 269 g/mol. The summed E-state index contributed by atoms with van der Waals surface area (Å²) in [6, 6.07) is 0. The molecule has 1 aliphatic carbocycles. The van der Waals surface area contributed by atoms with E-state index in [2.05, 4.69) is 23.8 Å². The van der Waals surface area contributed by atoms with Crippen LogP contribution in [0.15, 0.2) is 6.33 Å². The molecule has 0 amide bonds. The number of hydrogen-bond donors (Lipinski definition) is 0. The van der Waals surface area contributed by atoms with Gasteiger partial charge in [0.15, 0.2) is 0 Å². The van der Waals surface area contributed by atoms with Crippen LogP contribution >= 0.6 is 11.6 Å². The summed E-state index contributed by atoms with van der Waals surface area (Å²) in [4.78, 5) is 8.31. The zero-order valence-corrected chi connectivity index (χ0v) is 11.9. The predicted octanol–water partition coefficient (Wildman–Crippen LogP) is 4.36. The van der Waals surface area contributed by atoms with Crippen molar-refractivity contribution in [2.24, 2.45) is 0 Å². The van der Waals surface area contributed by atoms with Crippen molar-refractivity contribution in [2.45, 2.75) is 64.4 Å². The number of hydrogen-bond acceptors (Lipinski definition) is 3. The van der Waals surface area contributed by atoms with Crippen LogP contribution in [0.4, 0.5) is 0 Å². The Morgan fingerprint density at radius 1 is 1.17 bits per heavy atom. The largest absolute Gasteiger partial charge is 0.474 e. The molecule has 0 aliphatic heterocycles. The van der Waals surface area contributed by atoms with Crippen molar-refractivity contribution in [3.8, 4) is 5.88 Å². The highest BCUT2D eigenvalue weighted by atomic mass is 35.5. The molecule has 1 heterocycles. The highest BCUT2D eigenvalue weighted by Crippen LogP contribution is 2.31. The topological polar surface area (TPSA) is 35.0 Å². The highest BCUT2D eigenvalue weighted by molar-refractivity contribution is 6.30. The van der Waals surface area contributed by atoms with E-state index in [0.29, 0.717) is 11.0 Å². The van der Waals surface area contributed by atoms with Gasteiger partial charge in [0.05, 0.1) is 5.56 Å². The van der Waals surface area contributed by atoms with E-state index >= 15 is 0 Å². The van der Waals surface area contributed by atoms with Crippen molar-refractivity contribution in [2.75, 3.05) is 0 Å². The number of halogens is 1. The van der Waals surface area contributed by atoms with Gasteiger partial charge in [-0.3, -0.25) is 0 Å². The van der Waals surface area contributed by atoms with Crippen LogP contribution in [0.2, 0.25) is 5.15 Å². The summed E-state index contributed by atoms with van der Waals surface area (Å²) in [5.74, 6) is 0.955. The van der Waals surface area contributed by atoms with Gasteiger partial charge in [-0.05, 0) is 31.6 Å². The van der Waals surface area contributed by atoms with Crippen molar-refractivity contribution in [1.82, 2.24) is 9.97 Å². The molecule has 1 aliphatic rings. The van der Waals surface area contributed by atoms with Gasteiger partial charge in [0.2, 0.25) is 5.88 Å². The summed E-state index contributed by atoms with van der Waals surface area (Å²) < 4.78 is 6.07. The monoisotopic (exact) mass is 268 g/mol. The van der Waals surface area contributed by atoms with Crippen molar-refractivity contribution in [3.63, 3.8) is 0 Å². The molecule has 0 N–H and O–H groups in total. The Labute approximate surface area is 114 Å². The maximum absolute atomic E-state index is 6.14. The van der Waals surface area contributed by atoms with Crippen molar-refractivity contribution >= 4 is 11.6 Å². The molecule has 0 aromatic carbocycles. The van der Waals surface area contributed by atoms with Crippen LogP contribution in [0.1, 0.15) is 63.9 Å². The van der Waals surface area contributed by atoms with E-state index in [0.717, 1.165) is 18.4 Å². The van der Waals surface area contributed by atoms with Crippen LogP contribution < -0.4 is 4.74 Å². The summed E-state index contributed by atoms with van der Waals surface area (Å²) >= 11 is 6.14. The molecule has 3 nitrogen and oxygen atoms in total. The summed E-state index contributed by atoms with van der Waals surface area (Å²) in [6.45, 7) is 4.18. The number of rotatable bonds is 3. The molecule has 1 saturated carbocycles. The van der Waals surface area contributed by atoms with Crippen LogP contribution in [0.25, 0.3) is 0 Å². The van der Waals surface area contributed by atoms with Crippen LogP contribution in [0.5, 0.6) is 5.88 Å². The Kier molecular flexibility index (Phi) is 4.81. The molecule has 0 radical (unpaired) electrons. The quantitative estimate of drug-likeness (QED) is 0.604. The minimum atomic E-state index is 0.277. The first-order valence-electron chi connectivity index (χ1n) is 6.85. The fourth-order valence-corrected chi connectivity index (χ4v) is 2.80. The minimum absolute atomic E-state index is 0.277. The molecule has 2 rings (SSSR count). The van der Waals surface area contributed by atoms with E-state index in [1.807, 2.05) is 0 Å². The zero-order valence-electron chi connectivity index (χ0n) is 11.2. The molecule has 0 bridgehead atoms. The van der Waals surface area contributed by atoms with Crippen LogP contribution in [-0.2, 0) is 0 Å². The van der Waals surface area contributed by atoms with Gasteiger partial charge in [-0.1, -0.05) is 38.3 Å². The van der Waals surface area contributed by atoms with Crippen molar-refractivity contribution < 1.29 is 4.74 Å². The molecule has 1 aromatic heterocycles. The fourth-order valence-electron chi connectivity index (χ4n) is 2.46.